The summed E-state index contributed by atoms with van der Waals surface area (Å²) in [5.41, 5.74) is 2.57. The van der Waals surface area contributed by atoms with Crippen molar-refractivity contribution < 1.29 is 4.79 Å². The minimum absolute atomic E-state index is 0.0329. The Labute approximate surface area is 171 Å². The van der Waals surface area contributed by atoms with Crippen molar-refractivity contribution in [1.82, 2.24) is 19.8 Å². The van der Waals surface area contributed by atoms with E-state index >= 15 is 0 Å². The molecule has 0 unspecified atom stereocenters. The van der Waals surface area contributed by atoms with Crippen molar-refractivity contribution in [2.75, 3.05) is 38.1 Å². The molecule has 0 atom stereocenters. The molecule has 0 radical (unpaired) electrons. The number of benzene rings is 2. The highest BCUT2D eigenvalue weighted by atomic mass is 16.2. The number of likely N-dealkylation sites (N-methyl/N-ethyl adjacent to an activating group) is 1. The molecule has 1 fully saturated rings. The molecule has 148 valence electrons. The normalized spacial score (nSPS) is 14.6. The van der Waals surface area contributed by atoms with Gasteiger partial charge in [0.2, 0.25) is 5.95 Å². The first kappa shape index (κ1) is 19.1. The predicted octanol–water partition coefficient (Wildman–Crippen LogP) is 3.20. The molecule has 1 aliphatic heterocycles. The predicted molar refractivity (Wildman–Crippen MR) is 114 cm³/mol. The number of amides is 1. The van der Waals surface area contributed by atoms with E-state index in [4.69, 9.17) is 0 Å². The van der Waals surface area contributed by atoms with Gasteiger partial charge in [-0.25, -0.2) is 9.97 Å². The highest BCUT2D eigenvalue weighted by Gasteiger charge is 2.23. The number of aromatic nitrogens is 2. The van der Waals surface area contributed by atoms with Crippen LogP contribution in [0, 0.1) is 0 Å². The summed E-state index contributed by atoms with van der Waals surface area (Å²) in [6.07, 6.45) is 1.67. The third kappa shape index (κ3) is 4.60. The van der Waals surface area contributed by atoms with Crippen molar-refractivity contribution in [2.24, 2.45) is 0 Å². The lowest BCUT2D eigenvalue weighted by Gasteiger charge is -2.32. The Morgan fingerprint density at radius 3 is 2.28 bits per heavy atom. The molecule has 0 bridgehead atoms. The van der Waals surface area contributed by atoms with Gasteiger partial charge in [0.05, 0.1) is 6.54 Å². The van der Waals surface area contributed by atoms with Gasteiger partial charge in [0.25, 0.3) is 5.91 Å². The van der Waals surface area contributed by atoms with Crippen molar-refractivity contribution in [3.8, 4) is 0 Å². The summed E-state index contributed by atoms with van der Waals surface area (Å²) >= 11 is 0. The first-order valence-corrected chi connectivity index (χ1v) is 9.88. The summed E-state index contributed by atoms with van der Waals surface area (Å²) < 4.78 is 0. The average Bonchev–Trinajstić information content (AvgIpc) is 2.79. The van der Waals surface area contributed by atoms with E-state index in [1.54, 1.807) is 12.3 Å². The van der Waals surface area contributed by atoms with Crippen LogP contribution in [0.1, 0.15) is 16.1 Å². The van der Waals surface area contributed by atoms with Crippen molar-refractivity contribution >= 4 is 17.5 Å². The lowest BCUT2D eigenvalue weighted by molar-refractivity contribution is 0.0658. The Morgan fingerprint density at radius 2 is 1.59 bits per heavy atom. The molecule has 0 saturated carbocycles. The number of piperazine rings is 1. The molecule has 4 rings (SSSR count). The number of hydrogen-bond acceptors (Lipinski definition) is 5. The first-order valence-electron chi connectivity index (χ1n) is 9.88. The number of nitrogens with zero attached hydrogens (tertiary/aromatic N) is 5. The van der Waals surface area contributed by atoms with Gasteiger partial charge >= 0.3 is 0 Å². The maximum Gasteiger partial charge on any atom is 0.272 e. The fraction of sp³-hybridized carbons (Fsp3) is 0.261. The van der Waals surface area contributed by atoms with Gasteiger partial charge in [-0.15, -0.1) is 0 Å². The van der Waals surface area contributed by atoms with Crippen LogP contribution < -0.4 is 4.90 Å². The zero-order valence-electron chi connectivity index (χ0n) is 16.6. The smallest absolute Gasteiger partial charge is 0.272 e. The number of carbonyl (C=O) groups is 1. The second-order valence-corrected chi connectivity index (χ2v) is 7.24. The Balaban J connectivity index is 1.63. The Kier molecular flexibility index (Phi) is 5.81. The first-order chi connectivity index (χ1) is 14.2. The molecular formula is C23H25N5O. The topological polar surface area (TPSA) is 52.6 Å². The monoisotopic (exact) mass is 387 g/mol. The molecule has 2 aromatic carbocycles. The molecule has 1 amide bonds. The summed E-state index contributed by atoms with van der Waals surface area (Å²) in [6, 6.07) is 21.9. The second-order valence-electron chi connectivity index (χ2n) is 7.24. The van der Waals surface area contributed by atoms with Crippen LogP contribution in [0.5, 0.6) is 0 Å². The van der Waals surface area contributed by atoms with E-state index in [2.05, 4.69) is 34.0 Å². The van der Waals surface area contributed by atoms with E-state index in [1.807, 2.05) is 58.3 Å². The van der Waals surface area contributed by atoms with Crippen LogP contribution in [0.2, 0.25) is 0 Å². The van der Waals surface area contributed by atoms with Crippen LogP contribution in [-0.4, -0.2) is 58.9 Å². The van der Waals surface area contributed by atoms with Crippen LogP contribution in [0.25, 0.3) is 0 Å². The van der Waals surface area contributed by atoms with Crippen molar-refractivity contribution in [1.29, 1.82) is 0 Å². The van der Waals surface area contributed by atoms with Gasteiger partial charge in [0.1, 0.15) is 5.69 Å². The van der Waals surface area contributed by atoms with Crippen LogP contribution in [0.15, 0.2) is 72.9 Å². The summed E-state index contributed by atoms with van der Waals surface area (Å²) in [6.45, 7) is 3.83. The zero-order valence-corrected chi connectivity index (χ0v) is 16.6. The lowest BCUT2D eigenvalue weighted by Crippen LogP contribution is -2.47. The second kappa shape index (κ2) is 8.84. The molecule has 1 aliphatic rings. The van der Waals surface area contributed by atoms with Gasteiger partial charge < -0.3 is 14.7 Å². The largest absolute Gasteiger partial charge is 0.335 e. The zero-order chi connectivity index (χ0) is 20.1. The minimum atomic E-state index is -0.0329. The lowest BCUT2D eigenvalue weighted by atomic mass is 10.2. The molecule has 0 N–H and O–H groups in total. The molecule has 0 spiro atoms. The summed E-state index contributed by atoms with van der Waals surface area (Å²) in [7, 11) is 2.08. The molecule has 6 heteroatoms. The number of carbonyl (C=O) groups excluding carboxylic acids is 1. The van der Waals surface area contributed by atoms with Crippen LogP contribution in [0.4, 0.5) is 11.6 Å². The maximum absolute atomic E-state index is 13.0. The quantitative estimate of drug-likeness (QED) is 0.673. The minimum Gasteiger partial charge on any atom is -0.335 e. The van der Waals surface area contributed by atoms with Crippen molar-refractivity contribution in [3.05, 3.63) is 84.2 Å². The van der Waals surface area contributed by atoms with Gasteiger partial charge in [-0.05, 0) is 30.8 Å². The third-order valence-corrected chi connectivity index (χ3v) is 5.15. The molecule has 0 aliphatic carbocycles. The van der Waals surface area contributed by atoms with E-state index in [-0.39, 0.29) is 5.91 Å². The standard InChI is InChI=1S/C23H25N5O/c1-26-14-16-27(17-15-26)22(29)21-12-13-24-23(25-21)28(20-10-6-3-7-11-20)18-19-8-4-2-5-9-19/h2-13H,14-18H2,1H3. The van der Waals surface area contributed by atoms with Crippen LogP contribution in [0.3, 0.4) is 0 Å². The number of hydrogen-bond donors (Lipinski definition) is 0. The molecule has 29 heavy (non-hydrogen) atoms. The van der Waals surface area contributed by atoms with Crippen LogP contribution in [-0.2, 0) is 6.54 Å². The average molecular weight is 387 g/mol. The summed E-state index contributed by atoms with van der Waals surface area (Å²) in [4.78, 5) is 28.2. The van der Waals surface area contributed by atoms with E-state index in [9.17, 15) is 4.79 Å². The fourth-order valence-corrected chi connectivity index (χ4v) is 3.42. The molecule has 2 heterocycles. The SMILES string of the molecule is CN1CCN(C(=O)c2ccnc(N(Cc3ccccc3)c3ccccc3)n2)CC1. The number of anilines is 2. The van der Waals surface area contributed by atoms with Crippen molar-refractivity contribution in [3.63, 3.8) is 0 Å². The van der Waals surface area contributed by atoms with Crippen molar-refractivity contribution in [2.45, 2.75) is 6.54 Å². The van der Waals surface area contributed by atoms with Crippen LogP contribution >= 0.6 is 0 Å². The molecule has 6 nitrogen and oxygen atoms in total. The van der Waals surface area contributed by atoms with E-state index in [0.717, 1.165) is 37.4 Å². The van der Waals surface area contributed by atoms with Gasteiger partial charge in [0.15, 0.2) is 0 Å². The third-order valence-electron chi connectivity index (χ3n) is 5.15. The maximum atomic E-state index is 13.0. The molecule has 3 aromatic rings. The van der Waals surface area contributed by atoms with Gasteiger partial charge in [-0.3, -0.25) is 4.79 Å². The Hall–Kier alpha value is -3.25. The van der Waals surface area contributed by atoms with Gasteiger partial charge in [0, 0.05) is 38.1 Å². The van der Waals surface area contributed by atoms with Gasteiger partial charge in [-0.2, -0.15) is 0 Å². The Morgan fingerprint density at radius 1 is 0.931 bits per heavy atom. The number of para-hydroxylation sites is 1. The van der Waals surface area contributed by atoms with E-state index in [0.29, 0.717) is 18.2 Å². The molecular weight excluding hydrogens is 362 g/mol. The van der Waals surface area contributed by atoms with E-state index in [1.165, 1.54) is 0 Å². The number of rotatable bonds is 5. The van der Waals surface area contributed by atoms with Gasteiger partial charge in [-0.1, -0.05) is 48.5 Å². The van der Waals surface area contributed by atoms with E-state index < -0.39 is 0 Å². The highest BCUT2D eigenvalue weighted by molar-refractivity contribution is 5.92. The fourth-order valence-electron chi connectivity index (χ4n) is 3.42. The Bertz CT molecular complexity index is 940. The molecule has 1 aromatic heterocycles. The summed E-state index contributed by atoms with van der Waals surface area (Å²) in [5, 5.41) is 0. The molecule has 1 saturated heterocycles. The summed E-state index contributed by atoms with van der Waals surface area (Å²) in [5.74, 6) is 0.495. The highest BCUT2D eigenvalue weighted by Crippen LogP contribution is 2.24.